The number of halogens is 2. The Morgan fingerprint density at radius 3 is 3.00 bits per heavy atom. The average Bonchev–Trinajstić information content (AvgIpc) is 2.78. The number of benzene rings is 1. The number of Topliss-reactive ketones (excluding diaryl/α,β-unsaturated/α-hetero) is 1. The Kier molecular flexibility index (Phi) is 4.02. The summed E-state index contributed by atoms with van der Waals surface area (Å²) in [5, 5.41) is 3.39. The van der Waals surface area contributed by atoms with Gasteiger partial charge in [0.15, 0.2) is 5.78 Å². The molecule has 1 atom stereocenters. The summed E-state index contributed by atoms with van der Waals surface area (Å²) in [6, 6.07) is 4.60. The Morgan fingerprint density at radius 2 is 2.33 bits per heavy atom. The smallest absolute Gasteiger partial charge is 0.160 e. The number of carbonyl (C=O) groups excluding carboxylic acids is 1. The zero-order valence-corrected chi connectivity index (χ0v) is 10.9. The van der Waals surface area contributed by atoms with Crippen molar-refractivity contribution in [2.45, 2.75) is 25.7 Å². The molecule has 1 aromatic carbocycles. The van der Waals surface area contributed by atoms with Gasteiger partial charge in [0.25, 0.3) is 0 Å². The molecule has 1 aliphatic rings. The molecule has 0 fully saturated rings. The van der Waals surface area contributed by atoms with E-state index in [9.17, 15) is 9.18 Å². The molecule has 2 rings (SSSR count). The van der Waals surface area contributed by atoms with Crippen molar-refractivity contribution < 1.29 is 9.18 Å². The molecule has 0 saturated carbocycles. The molecule has 0 amide bonds. The summed E-state index contributed by atoms with van der Waals surface area (Å²) in [6.07, 6.45) is 3.00. The maximum absolute atomic E-state index is 13.9. The first-order valence-electron chi connectivity index (χ1n) is 6.05. The fourth-order valence-electron chi connectivity index (χ4n) is 2.21. The molecule has 2 nitrogen and oxygen atoms in total. The van der Waals surface area contributed by atoms with Crippen LogP contribution in [-0.2, 0) is 4.79 Å². The molecule has 0 aliphatic carbocycles. The second-order valence-electron chi connectivity index (χ2n) is 4.40. The standard InChI is InChI=1S/C14H15ClFNO/c1-2-3-14(18)12-8-17-7-11(12)10-5-4-9(15)6-13(10)16/h4-6,8,11,17H,2-3,7H2,1H3/t11-/m0/s1. The van der Waals surface area contributed by atoms with Crippen LogP contribution in [0.1, 0.15) is 31.2 Å². The molecule has 1 N–H and O–H groups in total. The third-order valence-corrected chi connectivity index (χ3v) is 3.33. The van der Waals surface area contributed by atoms with Crippen LogP contribution in [0, 0.1) is 5.82 Å². The van der Waals surface area contributed by atoms with Crippen LogP contribution in [-0.4, -0.2) is 12.3 Å². The Hall–Kier alpha value is -1.35. The van der Waals surface area contributed by atoms with Crippen molar-refractivity contribution in [3.05, 3.63) is 46.4 Å². The fourth-order valence-corrected chi connectivity index (χ4v) is 2.36. The van der Waals surface area contributed by atoms with Gasteiger partial charge >= 0.3 is 0 Å². The number of rotatable bonds is 4. The number of hydrogen-bond acceptors (Lipinski definition) is 2. The van der Waals surface area contributed by atoms with Crippen molar-refractivity contribution in [1.82, 2.24) is 5.32 Å². The molecule has 0 saturated heterocycles. The van der Waals surface area contributed by atoms with E-state index in [0.717, 1.165) is 6.42 Å². The van der Waals surface area contributed by atoms with E-state index in [1.807, 2.05) is 6.92 Å². The molecule has 0 unspecified atom stereocenters. The quantitative estimate of drug-likeness (QED) is 0.906. The second kappa shape index (κ2) is 5.53. The topological polar surface area (TPSA) is 29.1 Å². The van der Waals surface area contributed by atoms with Gasteiger partial charge in [-0.05, 0) is 24.1 Å². The second-order valence-corrected chi connectivity index (χ2v) is 4.84. The van der Waals surface area contributed by atoms with Crippen molar-refractivity contribution in [2.24, 2.45) is 0 Å². The van der Waals surface area contributed by atoms with Gasteiger partial charge in [-0.25, -0.2) is 4.39 Å². The third kappa shape index (κ3) is 2.56. The minimum atomic E-state index is -0.355. The van der Waals surface area contributed by atoms with E-state index in [-0.39, 0.29) is 17.5 Å². The van der Waals surface area contributed by atoms with Crippen LogP contribution >= 0.6 is 11.6 Å². The molecular weight excluding hydrogens is 253 g/mol. The highest BCUT2D eigenvalue weighted by Crippen LogP contribution is 2.31. The Balaban J connectivity index is 2.28. The van der Waals surface area contributed by atoms with E-state index in [0.29, 0.717) is 29.1 Å². The van der Waals surface area contributed by atoms with Gasteiger partial charge in [0, 0.05) is 35.7 Å². The van der Waals surface area contributed by atoms with Crippen molar-refractivity contribution in [3.8, 4) is 0 Å². The Bertz CT molecular complexity index is 499. The van der Waals surface area contributed by atoms with E-state index < -0.39 is 0 Å². The Labute approximate surface area is 111 Å². The summed E-state index contributed by atoms with van der Waals surface area (Å²) >= 11 is 5.74. The first kappa shape index (κ1) is 13.1. The van der Waals surface area contributed by atoms with Crippen LogP contribution in [0.4, 0.5) is 4.39 Å². The first-order valence-corrected chi connectivity index (χ1v) is 6.43. The molecule has 1 aliphatic heterocycles. The molecular formula is C14H15ClFNO. The monoisotopic (exact) mass is 267 g/mol. The molecule has 1 heterocycles. The zero-order valence-electron chi connectivity index (χ0n) is 10.2. The molecule has 1 aromatic rings. The minimum absolute atomic E-state index is 0.0850. The van der Waals surface area contributed by atoms with E-state index in [1.54, 1.807) is 18.3 Å². The van der Waals surface area contributed by atoms with Gasteiger partial charge in [-0.3, -0.25) is 4.79 Å². The molecule has 0 spiro atoms. The summed E-state index contributed by atoms with van der Waals surface area (Å²) in [5.74, 6) is -0.477. The largest absolute Gasteiger partial charge is 0.390 e. The summed E-state index contributed by atoms with van der Waals surface area (Å²) in [5.41, 5.74) is 1.19. The van der Waals surface area contributed by atoms with Crippen LogP contribution in [0.5, 0.6) is 0 Å². The van der Waals surface area contributed by atoms with Gasteiger partial charge in [0.05, 0.1) is 0 Å². The van der Waals surface area contributed by atoms with Crippen LogP contribution < -0.4 is 5.32 Å². The summed E-state index contributed by atoms with van der Waals surface area (Å²) in [4.78, 5) is 12.0. The van der Waals surface area contributed by atoms with E-state index in [2.05, 4.69) is 5.32 Å². The van der Waals surface area contributed by atoms with Crippen molar-refractivity contribution in [1.29, 1.82) is 0 Å². The molecule has 0 aromatic heterocycles. The fraction of sp³-hybridized carbons (Fsp3) is 0.357. The van der Waals surface area contributed by atoms with E-state index in [4.69, 9.17) is 11.6 Å². The Morgan fingerprint density at radius 1 is 1.56 bits per heavy atom. The van der Waals surface area contributed by atoms with Gasteiger partial charge in [-0.2, -0.15) is 0 Å². The highest BCUT2D eigenvalue weighted by Gasteiger charge is 2.27. The van der Waals surface area contributed by atoms with Crippen molar-refractivity contribution in [3.63, 3.8) is 0 Å². The van der Waals surface area contributed by atoms with E-state index >= 15 is 0 Å². The minimum Gasteiger partial charge on any atom is -0.390 e. The van der Waals surface area contributed by atoms with Gasteiger partial charge in [0.1, 0.15) is 5.82 Å². The highest BCUT2D eigenvalue weighted by atomic mass is 35.5. The van der Waals surface area contributed by atoms with Gasteiger partial charge in [0.2, 0.25) is 0 Å². The van der Waals surface area contributed by atoms with Crippen LogP contribution in [0.2, 0.25) is 5.02 Å². The van der Waals surface area contributed by atoms with Crippen LogP contribution in [0.15, 0.2) is 30.0 Å². The van der Waals surface area contributed by atoms with E-state index in [1.165, 1.54) is 6.07 Å². The van der Waals surface area contributed by atoms with Gasteiger partial charge < -0.3 is 5.32 Å². The number of ketones is 1. The normalized spacial score (nSPS) is 18.4. The maximum atomic E-state index is 13.9. The molecule has 96 valence electrons. The predicted molar refractivity (Wildman–Crippen MR) is 70.2 cm³/mol. The lowest BCUT2D eigenvalue weighted by atomic mass is 9.89. The van der Waals surface area contributed by atoms with Crippen molar-refractivity contribution >= 4 is 17.4 Å². The number of carbonyl (C=O) groups is 1. The maximum Gasteiger partial charge on any atom is 0.160 e. The lowest BCUT2D eigenvalue weighted by Crippen LogP contribution is -2.14. The summed E-state index contributed by atoms with van der Waals surface area (Å²) < 4.78 is 13.9. The van der Waals surface area contributed by atoms with Crippen LogP contribution in [0.3, 0.4) is 0 Å². The highest BCUT2D eigenvalue weighted by molar-refractivity contribution is 6.30. The van der Waals surface area contributed by atoms with Gasteiger partial charge in [-0.1, -0.05) is 24.6 Å². The third-order valence-electron chi connectivity index (χ3n) is 3.09. The first-order chi connectivity index (χ1) is 8.63. The average molecular weight is 268 g/mol. The molecule has 18 heavy (non-hydrogen) atoms. The van der Waals surface area contributed by atoms with Gasteiger partial charge in [-0.15, -0.1) is 0 Å². The number of nitrogens with one attached hydrogen (secondary N) is 1. The molecule has 0 radical (unpaired) electrons. The lowest BCUT2D eigenvalue weighted by molar-refractivity contribution is -0.115. The summed E-state index contributed by atoms with van der Waals surface area (Å²) in [7, 11) is 0. The SMILES string of the molecule is CCCC(=O)C1=CNC[C@H]1c1ccc(Cl)cc1F. The predicted octanol–water partition coefficient (Wildman–Crippen LogP) is 3.42. The zero-order chi connectivity index (χ0) is 13.1. The lowest BCUT2D eigenvalue weighted by Gasteiger charge is -2.14. The van der Waals surface area contributed by atoms with Crippen molar-refractivity contribution in [2.75, 3.05) is 6.54 Å². The summed E-state index contributed by atoms with van der Waals surface area (Å²) in [6.45, 7) is 2.52. The van der Waals surface area contributed by atoms with Crippen LogP contribution in [0.25, 0.3) is 0 Å². The molecule has 0 bridgehead atoms. The molecule has 4 heteroatoms. The number of hydrogen-bond donors (Lipinski definition) is 1.